The smallest absolute Gasteiger partial charge is 0.338 e. The molecule has 0 unspecified atom stereocenters. The van der Waals surface area contributed by atoms with Gasteiger partial charge in [-0.1, -0.05) is 23.8 Å². The first-order valence-electron chi connectivity index (χ1n) is 8.46. The van der Waals surface area contributed by atoms with Crippen molar-refractivity contribution in [1.29, 1.82) is 0 Å². The lowest BCUT2D eigenvalue weighted by molar-refractivity contribution is -0.119. The molecule has 2 aromatic carbocycles. The molecular weight excluding hydrogens is 332 g/mol. The molecule has 0 spiro atoms. The van der Waals surface area contributed by atoms with E-state index in [1.807, 2.05) is 6.92 Å². The summed E-state index contributed by atoms with van der Waals surface area (Å²) in [5.41, 5.74) is 2.38. The molecule has 1 aliphatic rings. The molecule has 0 radical (unpaired) electrons. The van der Waals surface area contributed by atoms with Gasteiger partial charge in [-0.2, -0.15) is 0 Å². The van der Waals surface area contributed by atoms with E-state index in [1.165, 1.54) is 0 Å². The standard InChI is InChI=1S/C20H20N2O4/c1-13-5-7-14(8-6-13)20(25)26-12-18(23)21-17-4-2-3-15(11-17)19(24)22-16-9-10-16/h2-8,11,16H,9-10,12H2,1H3,(H,21,23)(H,22,24). The number of benzene rings is 2. The summed E-state index contributed by atoms with van der Waals surface area (Å²) >= 11 is 0. The molecule has 0 bridgehead atoms. The number of esters is 1. The van der Waals surface area contributed by atoms with Crippen LogP contribution in [0.25, 0.3) is 0 Å². The SMILES string of the molecule is Cc1ccc(C(=O)OCC(=O)Nc2cccc(C(=O)NC3CC3)c2)cc1. The van der Waals surface area contributed by atoms with Gasteiger partial charge in [0.05, 0.1) is 5.56 Å². The van der Waals surface area contributed by atoms with Crippen LogP contribution >= 0.6 is 0 Å². The Balaban J connectivity index is 1.52. The highest BCUT2D eigenvalue weighted by atomic mass is 16.5. The zero-order valence-electron chi connectivity index (χ0n) is 14.5. The fraction of sp³-hybridized carbons (Fsp3) is 0.250. The fourth-order valence-corrected chi connectivity index (χ4v) is 2.34. The molecule has 3 rings (SSSR count). The Labute approximate surface area is 151 Å². The second-order valence-corrected chi connectivity index (χ2v) is 6.32. The molecule has 6 heteroatoms. The number of hydrogen-bond donors (Lipinski definition) is 2. The van der Waals surface area contributed by atoms with Gasteiger partial charge in [-0.25, -0.2) is 4.79 Å². The number of anilines is 1. The van der Waals surface area contributed by atoms with Crippen molar-refractivity contribution < 1.29 is 19.1 Å². The Bertz CT molecular complexity index is 826. The summed E-state index contributed by atoms with van der Waals surface area (Å²) in [5, 5.41) is 5.52. The Morgan fingerprint density at radius 2 is 1.77 bits per heavy atom. The summed E-state index contributed by atoms with van der Waals surface area (Å²) in [5.74, 6) is -1.18. The number of ether oxygens (including phenoxy) is 1. The van der Waals surface area contributed by atoms with Crippen LogP contribution in [-0.4, -0.2) is 30.4 Å². The summed E-state index contributed by atoms with van der Waals surface area (Å²) in [7, 11) is 0. The van der Waals surface area contributed by atoms with Gasteiger partial charge in [0.2, 0.25) is 0 Å². The van der Waals surface area contributed by atoms with Crippen LogP contribution in [0.5, 0.6) is 0 Å². The van der Waals surface area contributed by atoms with Crippen molar-refractivity contribution in [3.05, 3.63) is 65.2 Å². The van der Waals surface area contributed by atoms with Crippen LogP contribution in [-0.2, 0) is 9.53 Å². The van der Waals surface area contributed by atoms with E-state index >= 15 is 0 Å². The second kappa shape index (κ2) is 7.82. The molecule has 0 saturated heterocycles. The van der Waals surface area contributed by atoms with Gasteiger partial charge in [-0.05, 0) is 50.1 Å². The van der Waals surface area contributed by atoms with Gasteiger partial charge in [0, 0.05) is 17.3 Å². The van der Waals surface area contributed by atoms with Crippen LogP contribution in [0.15, 0.2) is 48.5 Å². The molecule has 6 nitrogen and oxygen atoms in total. The predicted octanol–water partition coefficient (Wildman–Crippen LogP) is 2.68. The average Bonchev–Trinajstić information content (AvgIpc) is 3.44. The molecule has 2 aromatic rings. The minimum absolute atomic E-state index is 0.158. The number of rotatable bonds is 6. The van der Waals surface area contributed by atoms with Gasteiger partial charge in [0.1, 0.15) is 0 Å². The Hall–Kier alpha value is -3.15. The first-order chi connectivity index (χ1) is 12.5. The fourth-order valence-electron chi connectivity index (χ4n) is 2.34. The van der Waals surface area contributed by atoms with E-state index in [9.17, 15) is 14.4 Å². The maximum absolute atomic E-state index is 12.0. The maximum Gasteiger partial charge on any atom is 0.338 e. The van der Waals surface area contributed by atoms with Gasteiger partial charge < -0.3 is 15.4 Å². The third-order valence-corrected chi connectivity index (χ3v) is 3.94. The summed E-state index contributed by atoms with van der Waals surface area (Å²) in [6, 6.07) is 13.8. The summed E-state index contributed by atoms with van der Waals surface area (Å²) in [6.45, 7) is 1.52. The maximum atomic E-state index is 12.0. The first-order valence-corrected chi connectivity index (χ1v) is 8.46. The molecule has 0 atom stereocenters. The quantitative estimate of drug-likeness (QED) is 0.783. The second-order valence-electron chi connectivity index (χ2n) is 6.32. The molecule has 1 aliphatic carbocycles. The molecule has 1 saturated carbocycles. The lowest BCUT2D eigenvalue weighted by atomic mass is 10.1. The van der Waals surface area contributed by atoms with E-state index in [0.29, 0.717) is 16.8 Å². The molecule has 134 valence electrons. The zero-order valence-corrected chi connectivity index (χ0v) is 14.5. The number of aryl methyl sites for hydroxylation is 1. The van der Waals surface area contributed by atoms with Crippen LogP contribution in [0.3, 0.4) is 0 Å². The molecule has 26 heavy (non-hydrogen) atoms. The van der Waals surface area contributed by atoms with E-state index in [0.717, 1.165) is 18.4 Å². The molecule has 0 aromatic heterocycles. The number of amides is 2. The Morgan fingerprint density at radius 1 is 1.04 bits per heavy atom. The van der Waals surface area contributed by atoms with Crippen LogP contribution in [0.4, 0.5) is 5.69 Å². The zero-order chi connectivity index (χ0) is 18.5. The average molecular weight is 352 g/mol. The summed E-state index contributed by atoms with van der Waals surface area (Å²) in [4.78, 5) is 35.9. The lowest BCUT2D eigenvalue weighted by Gasteiger charge is -2.09. The minimum Gasteiger partial charge on any atom is -0.452 e. The number of nitrogens with one attached hydrogen (secondary N) is 2. The third kappa shape index (κ3) is 4.92. The van der Waals surface area contributed by atoms with Gasteiger partial charge in [0.25, 0.3) is 11.8 Å². The topological polar surface area (TPSA) is 84.5 Å². The van der Waals surface area contributed by atoms with Gasteiger partial charge in [-0.3, -0.25) is 9.59 Å². The Kier molecular flexibility index (Phi) is 5.31. The van der Waals surface area contributed by atoms with Crippen molar-refractivity contribution >= 4 is 23.5 Å². The third-order valence-electron chi connectivity index (χ3n) is 3.94. The minimum atomic E-state index is -0.558. The van der Waals surface area contributed by atoms with Crippen LogP contribution < -0.4 is 10.6 Å². The highest BCUT2D eigenvalue weighted by molar-refractivity contribution is 5.98. The van der Waals surface area contributed by atoms with Crippen molar-refractivity contribution in [3.63, 3.8) is 0 Å². The number of carbonyl (C=O) groups is 3. The van der Waals surface area contributed by atoms with Crippen LogP contribution in [0.1, 0.15) is 39.1 Å². The largest absolute Gasteiger partial charge is 0.452 e. The highest BCUT2D eigenvalue weighted by Crippen LogP contribution is 2.20. The molecule has 1 fully saturated rings. The van der Waals surface area contributed by atoms with Crippen LogP contribution in [0, 0.1) is 6.92 Å². The summed E-state index contributed by atoms with van der Waals surface area (Å²) < 4.78 is 5.01. The predicted molar refractivity (Wildman–Crippen MR) is 97.0 cm³/mol. The Morgan fingerprint density at radius 3 is 2.46 bits per heavy atom. The van der Waals surface area contributed by atoms with Crippen molar-refractivity contribution in [2.24, 2.45) is 0 Å². The first kappa shape index (κ1) is 17.7. The van der Waals surface area contributed by atoms with Gasteiger partial charge in [0.15, 0.2) is 6.61 Å². The van der Waals surface area contributed by atoms with Gasteiger partial charge >= 0.3 is 5.97 Å². The van der Waals surface area contributed by atoms with Crippen molar-refractivity contribution in [2.75, 3.05) is 11.9 Å². The van der Waals surface area contributed by atoms with E-state index in [2.05, 4.69) is 10.6 Å². The molecule has 0 aliphatic heterocycles. The number of carbonyl (C=O) groups excluding carboxylic acids is 3. The normalized spacial score (nSPS) is 13.0. The van der Waals surface area contributed by atoms with E-state index in [-0.39, 0.29) is 11.9 Å². The molecular formula is C20H20N2O4. The van der Waals surface area contributed by atoms with Crippen molar-refractivity contribution in [3.8, 4) is 0 Å². The van der Waals surface area contributed by atoms with Crippen LogP contribution in [0.2, 0.25) is 0 Å². The van der Waals surface area contributed by atoms with E-state index in [1.54, 1.807) is 48.5 Å². The summed E-state index contributed by atoms with van der Waals surface area (Å²) in [6.07, 6.45) is 2.02. The highest BCUT2D eigenvalue weighted by Gasteiger charge is 2.23. The molecule has 2 N–H and O–H groups in total. The van der Waals surface area contributed by atoms with E-state index in [4.69, 9.17) is 4.74 Å². The van der Waals surface area contributed by atoms with Gasteiger partial charge in [-0.15, -0.1) is 0 Å². The molecule has 0 heterocycles. The number of hydrogen-bond acceptors (Lipinski definition) is 4. The monoisotopic (exact) mass is 352 g/mol. The molecule has 2 amide bonds. The van der Waals surface area contributed by atoms with Crippen molar-refractivity contribution in [1.82, 2.24) is 5.32 Å². The lowest BCUT2D eigenvalue weighted by Crippen LogP contribution is -2.25. The van der Waals surface area contributed by atoms with Crippen molar-refractivity contribution in [2.45, 2.75) is 25.8 Å². The van der Waals surface area contributed by atoms with E-state index < -0.39 is 18.5 Å².